The zero-order valence-corrected chi connectivity index (χ0v) is 14.9. The Hall–Kier alpha value is -3.87. The van der Waals surface area contributed by atoms with E-state index in [-0.39, 0.29) is 11.6 Å². The van der Waals surface area contributed by atoms with Crippen LogP contribution in [0, 0.1) is 0 Å². The Bertz CT molecular complexity index is 1110. The Kier molecular flexibility index (Phi) is 4.63. The topological polar surface area (TPSA) is 96.3 Å². The van der Waals surface area contributed by atoms with E-state index in [1.54, 1.807) is 18.3 Å². The van der Waals surface area contributed by atoms with Crippen molar-refractivity contribution in [1.29, 1.82) is 0 Å². The first-order valence-corrected chi connectivity index (χ1v) is 8.82. The molecule has 2 aromatic heterocycles. The lowest BCUT2D eigenvalue weighted by Crippen LogP contribution is -2.31. The van der Waals surface area contributed by atoms with Crippen molar-refractivity contribution in [2.45, 2.75) is 6.54 Å². The number of para-hydroxylation sites is 1. The first-order chi connectivity index (χ1) is 13.6. The van der Waals surface area contributed by atoms with E-state index >= 15 is 0 Å². The molecule has 0 fully saturated rings. The Morgan fingerprint density at radius 2 is 1.71 bits per heavy atom. The van der Waals surface area contributed by atoms with Gasteiger partial charge in [0.05, 0.1) is 17.3 Å². The number of nitrogens with zero attached hydrogens (tertiary/aromatic N) is 2. The van der Waals surface area contributed by atoms with Crippen LogP contribution in [0.25, 0.3) is 21.8 Å². The van der Waals surface area contributed by atoms with Crippen molar-refractivity contribution in [2.24, 2.45) is 0 Å². The summed E-state index contributed by atoms with van der Waals surface area (Å²) in [5.41, 5.74) is 2.82. The van der Waals surface area contributed by atoms with Crippen LogP contribution >= 0.6 is 0 Å². The molecular formula is C21H18N4O3. The lowest BCUT2D eigenvalue weighted by molar-refractivity contribution is 0.0697. The molecule has 0 saturated carbocycles. The summed E-state index contributed by atoms with van der Waals surface area (Å²) in [4.78, 5) is 27.2. The summed E-state index contributed by atoms with van der Waals surface area (Å²) in [6, 6.07) is 15.8. The van der Waals surface area contributed by atoms with E-state index in [9.17, 15) is 9.59 Å². The molecule has 2 heterocycles. The molecule has 7 nitrogen and oxygen atoms in total. The summed E-state index contributed by atoms with van der Waals surface area (Å²) in [5.74, 6) is -1.00. The maximum Gasteiger partial charge on any atom is 0.335 e. The van der Waals surface area contributed by atoms with E-state index in [0.717, 1.165) is 21.8 Å². The molecule has 0 spiro atoms. The summed E-state index contributed by atoms with van der Waals surface area (Å²) in [5, 5.41) is 16.7. The number of aromatic carboxylic acids is 1. The van der Waals surface area contributed by atoms with Gasteiger partial charge in [0.25, 0.3) is 0 Å². The number of anilines is 1. The number of rotatable bonds is 5. The van der Waals surface area contributed by atoms with Crippen molar-refractivity contribution in [3.05, 3.63) is 72.6 Å². The van der Waals surface area contributed by atoms with Gasteiger partial charge in [0, 0.05) is 41.3 Å². The minimum absolute atomic E-state index is 0.172. The molecule has 4 aromatic rings. The number of benzene rings is 2. The highest BCUT2D eigenvalue weighted by Gasteiger charge is 2.10. The average molecular weight is 374 g/mol. The molecule has 7 heteroatoms. The van der Waals surface area contributed by atoms with Crippen LogP contribution in [0.1, 0.15) is 10.4 Å². The van der Waals surface area contributed by atoms with Crippen molar-refractivity contribution in [3.63, 3.8) is 0 Å². The monoisotopic (exact) mass is 374 g/mol. The third-order valence-electron chi connectivity index (χ3n) is 4.59. The van der Waals surface area contributed by atoms with Crippen LogP contribution in [-0.4, -0.2) is 33.2 Å². The van der Waals surface area contributed by atoms with Gasteiger partial charge in [-0.1, -0.05) is 18.2 Å². The fourth-order valence-corrected chi connectivity index (χ4v) is 3.29. The first-order valence-electron chi connectivity index (χ1n) is 8.82. The zero-order valence-electron chi connectivity index (χ0n) is 14.9. The summed E-state index contributed by atoms with van der Waals surface area (Å²) in [7, 11) is 0. The molecule has 0 aliphatic carbocycles. The third kappa shape index (κ3) is 3.37. The maximum atomic E-state index is 12.1. The van der Waals surface area contributed by atoms with Gasteiger partial charge in [-0.3, -0.25) is 4.98 Å². The number of hydrogen-bond acceptors (Lipinski definition) is 3. The number of pyridine rings is 1. The molecule has 0 radical (unpaired) electrons. The van der Waals surface area contributed by atoms with E-state index in [1.807, 2.05) is 24.4 Å². The van der Waals surface area contributed by atoms with E-state index in [2.05, 4.69) is 32.3 Å². The Balaban J connectivity index is 1.43. The lowest BCUT2D eigenvalue weighted by atomic mass is 10.2. The second-order valence-electron chi connectivity index (χ2n) is 6.33. The van der Waals surface area contributed by atoms with Gasteiger partial charge in [0.1, 0.15) is 0 Å². The van der Waals surface area contributed by atoms with E-state index < -0.39 is 5.97 Å². The van der Waals surface area contributed by atoms with Crippen LogP contribution in [0.15, 0.2) is 67.0 Å². The largest absolute Gasteiger partial charge is 0.478 e. The zero-order chi connectivity index (χ0) is 19.5. The molecule has 2 aromatic carbocycles. The molecule has 0 bridgehead atoms. The van der Waals surface area contributed by atoms with Crippen LogP contribution in [0.3, 0.4) is 0 Å². The summed E-state index contributed by atoms with van der Waals surface area (Å²) >= 11 is 0. The fraction of sp³-hybridized carbons (Fsp3) is 0.0952. The molecular weight excluding hydrogens is 356 g/mol. The van der Waals surface area contributed by atoms with Gasteiger partial charge in [-0.15, -0.1) is 0 Å². The lowest BCUT2D eigenvalue weighted by Gasteiger charge is -2.10. The molecule has 140 valence electrons. The number of urea groups is 1. The number of aromatic nitrogens is 2. The highest BCUT2D eigenvalue weighted by atomic mass is 16.4. The standard InChI is InChI=1S/C21H18N4O3/c26-20(27)14-5-7-15(8-6-14)24-21(28)23-11-12-25-18-4-2-1-3-16(18)17-9-10-22-13-19(17)25/h1-10,13H,11-12H2,(H,26,27)(H2,23,24,28). The van der Waals surface area contributed by atoms with Gasteiger partial charge in [-0.05, 0) is 36.4 Å². The Morgan fingerprint density at radius 3 is 2.50 bits per heavy atom. The van der Waals surface area contributed by atoms with Gasteiger partial charge in [0.15, 0.2) is 0 Å². The quantitative estimate of drug-likeness (QED) is 0.496. The van der Waals surface area contributed by atoms with E-state index in [4.69, 9.17) is 5.11 Å². The van der Waals surface area contributed by atoms with Crippen LogP contribution in [-0.2, 0) is 6.54 Å². The van der Waals surface area contributed by atoms with Gasteiger partial charge < -0.3 is 20.3 Å². The van der Waals surface area contributed by atoms with E-state index in [1.165, 1.54) is 12.1 Å². The number of carboxylic acids is 1. The molecule has 2 amide bonds. The molecule has 4 rings (SSSR count). The molecule has 0 atom stereocenters. The van der Waals surface area contributed by atoms with E-state index in [0.29, 0.717) is 18.8 Å². The SMILES string of the molecule is O=C(NCCn1c2ccccc2c2ccncc21)Nc1ccc(C(=O)O)cc1. The molecule has 0 saturated heterocycles. The second-order valence-corrected chi connectivity index (χ2v) is 6.33. The number of amides is 2. The van der Waals surface area contributed by atoms with Crippen molar-refractivity contribution >= 4 is 39.5 Å². The highest BCUT2D eigenvalue weighted by Crippen LogP contribution is 2.27. The maximum absolute atomic E-state index is 12.1. The summed E-state index contributed by atoms with van der Waals surface area (Å²) in [6.45, 7) is 1.03. The fourth-order valence-electron chi connectivity index (χ4n) is 3.29. The van der Waals surface area contributed by atoms with Gasteiger partial charge in [0.2, 0.25) is 0 Å². The summed E-state index contributed by atoms with van der Waals surface area (Å²) in [6.07, 6.45) is 3.61. The van der Waals surface area contributed by atoms with Crippen molar-refractivity contribution < 1.29 is 14.7 Å². The van der Waals surface area contributed by atoms with Crippen LogP contribution in [0.5, 0.6) is 0 Å². The number of carboxylic acid groups (broad SMARTS) is 1. The molecule has 28 heavy (non-hydrogen) atoms. The smallest absolute Gasteiger partial charge is 0.335 e. The second kappa shape index (κ2) is 7.40. The van der Waals surface area contributed by atoms with Gasteiger partial charge in [-0.25, -0.2) is 9.59 Å². The average Bonchev–Trinajstić information content (AvgIpc) is 3.03. The molecule has 0 unspecified atom stereocenters. The van der Waals surface area contributed by atoms with Crippen molar-refractivity contribution in [3.8, 4) is 0 Å². The van der Waals surface area contributed by atoms with Gasteiger partial charge >= 0.3 is 12.0 Å². The third-order valence-corrected chi connectivity index (χ3v) is 4.59. The predicted molar refractivity (Wildman–Crippen MR) is 108 cm³/mol. The normalized spacial score (nSPS) is 10.9. The Labute approximate surface area is 160 Å². The van der Waals surface area contributed by atoms with Crippen molar-refractivity contribution in [2.75, 3.05) is 11.9 Å². The minimum Gasteiger partial charge on any atom is -0.478 e. The predicted octanol–water partition coefficient (Wildman–Crippen LogP) is 3.71. The molecule has 0 aliphatic heterocycles. The number of fused-ring (bicyclic) bond motifs is 3. The molecule has 3 N–H and O–H groups in total. The summed E-state index contributed by atoms with van der Waals surface area (Å²) < 4.78 is 2.14. The minimum atomic E-state index is -1.00. The number of carbonyl (C=O) groups is 2. The number of nitrogens with one attached hydrogen (secondary N) is 2. The number of hydrogen-bond donors (Lipinski definition) is 3. The molecule has 0 aliphatic rings. The highest BCUT2D eigenvalue weighted by molar-refractivity contribution is 6.07. The van der Waals surface area contributed by atoms with Crippen molar-refractivity contribution in [1.82, 2.24) is 14.9 Å². The van der Waals surface area contributed by atoms with Crippen LogP contribution in [0.2, 0.25) is 0 Å². The van der Waals surface area contributed by atoms with Gasteiger partial charge in [-0.2, -0.15) is 0 Å². The van der Waals surface area contributed by atoms with Crippen LogP contribution in [0.4, 0.5) is 10.5 Å². The first kappa shape index (κ1) is 17.5. The number of carbonyl (C=O) groups excluding carboxylic acids is 1. The van der Waals surface area contributed by atoms with Crippen LogP contribution < -0.4 is 10.6 Å². The Morgan fingerprint density at radius 1 is 0.964 bits per heavy atom.